The fraction of sp³-hybridized carbons (Fsp3) is 0.125. The Morgan fingerprint density at radius 2 is 2.00 bits per heavy atom. The SMILES string of the molecule is O=C(Nc1ccc2cnoc2c1)c1ccc(N2CCNS2(=O)=O)cc1. The van der Waals surface area contributed by atoms with Gasteiger partial charge >= 0.3 is 10.2 Å². The summed E-state index contributed by atoms with van der Waals surface area (Å²) in [7, 11) is -3.47. The summed E-state index contributed by atoms with van der Waals surface area (Å²) in [5.74, 6) is -0.298. The Balaban J connectivity index is 1.52. The molecule has 0 atom stereocenters. The average molecular weight is 358 g/mol. The molecule has 3 aromatic rings. The van der Waals surface area contributed by atoms with E-state index < -0.39 is 10.2 Å². The summed E-state index contributed by atoms with van der Waals surface area (Å²) in [6.45, 7) is 0.736. The van der Waals surface area contributed by atoms with Crippen molar-refractivity contribution in [2.45, 2.75) is 0 Å². The van der Waals surface area contributed by atoms with Crippen LogP contribution >= 0.6 is 0 Å². The highest BCUT2D eigenvalue weighted by molar-refractivity contribution is 7.91. The van der Waals surface area contributed by atoms with Crippen molar-refractivity contribution in [1.29, 1.82) is 0 Å². The Kier molecular flexibility index (Phi) is 3.66. The number of anilines is 2. The highest BCUT2D eigenvalue weighted by Gasteiger charge is 2.27. The first kappa shape index (κ1) is 15.6. The quantitative estimate of drug-likeness (QED) is 0.742. The summed E-state index contributed by atoms with van der Waals surface area (Å²) in [5.41, 5.74) is 2.11. The van der Waals surface area contributed by atoms with Crippen LogP contribution in [0, 0.1) is 0 Å². The number of rotatable bonds is 3. The van der Waals surface area contributed by atoms with Crippen LogP contribution in [0.5, 0.6) is 0 Å². The second-order valence-electron chi connectivity index (χ2n) is 5.55. The zero-order chi connectivity index (χ0) is 17.4. The van der Waals surface area contributed by atoms with E-state index in [0.29, 0.717) is 35.6 Å². The molecule has 1 aliphatic rings. The number of carbonyl (C=O) groups excluding carboxylic acids is 1. The Morgan fingerprint density at radius 1 is 1.20 bits per heavy atom. The van der Waals surface area contributed by atoms with Crippen molar-refractivity contribution >= 4 is 38.5 Å². The molecule has 25 heavy (non-hydrogen) atoms. The standard InChI is InChI=1S/C16H14N4O4S/c21-16(19-13-4-1-12-10-17-24-15(12)9-13)11-2-5-14(6-3-11)20-8-7-18-25(20,22)23/h1-6,9-10,18H,7-8H2,(H,19,21). The first-order chi connectivity index (χ1) is 12.0. The number of aromatic nitrogens is 1. The minimum atomic E-state index is -3.47. The van der Waals surface area contributed by atoms with Crippen LogP contribution in [0.1, 0.15) is 10.4 Å². The van der Waals surface area contributed by atoms with Crippen molar-refractivity contribution in [1.82, 2.24) is 9.88 Å². The van der Waals surface area contributed by atoms with E-state index in [1.54, 1.807) is 48.7 Å². The van der Waals surface area contributed by atoms with Crippen molar-refractivity contribution in [2.24, 2.45) is 0 Å². The molecular formula is C16H14N4O4S. The van der Waals surface area contributed by atoms with E-state index in [9.17, 15) is 13.2 Å². The van der Waals surface area contributed by atoms with E-state index in [1.165, 1.54) is 4.31 Å². The van der Waals surface area contributed by atoms with Crippen molar-refractivity contribution in [2.75, 3.05) is 22.7 Å². The van der Waals surface area contributed by atoms with Crippen LogP contribution in [0.3, 0.4) is 0 Å². The van der Waals surface area contributed by atoms with Crippen molar-refractivity contribution in [3.63, 3.8) is 0 Å². The van der Waals surface area contributed by atoms with Crippen LogP contribution < -0.4 is 14.3 Å². The molecule has 0 unspecified atom stereocenters. The second-order valence-corrected chi connectivity index (χ2v) is 7.23. The smallest absolute Gasteiger partial charge is 0.301 e. The fourth-order valence-corrected chi connectivity index (χ4v) is 3.90. The minimum Gasteiger partial charge on any atom is -0.356 e. The first-order valence-electron chi connectivity index (χ1n) is 7.56. The normalized spacial score (nSPS) is 16.2. The summed E-state index contributed by atoms with van der Waals surface area (Å²) in [6.07, 6.45) is 1.60. The summed E-state index contributed by atoms with van der Waals surface area (Å²) in [5, 5.41) is 7.32. The molecule has 0 radical (unpaired) electrons. The molecule has 2 aromatic carbocycles. The molecule has 0 bridgehead atoms. The van der Waals surface area contributed by atoms with E-state index >= 15 is 0 Å². The van der Waals surface area contributed by atoms with Gasteiger partial charge in [-0.1, -0.05) is 5.16 Å². The molecule has 0 aliphatic carbocycles. The number of nitrogens with one attached hydrogen (secondary N) is 2. The van der Waals surface area contributed by atoms with Crippen LogP contribution in [0.15, 0.2) is 53.2 Å². The Labute approximate surface area is 143 Å². The van der Waals surface area contributed by atoms with Gasteiger partial charge < -0.3 is 9.84 Å². The summed E-state index contributed by atoms with van der Waals surface area (Å²) in [6, 6.07) is 11.6. The van der Waals surface area contributed by atoms with Gasteiger partial charge in [-0.15, -0.1) is 0 Å². The summed E-state index contributed by atoms with van der Waals surface area (Å²) < 4.78 is 32.4. The highest BCUT2D eigenvalue weighted by Crippen LogP contribution is 2.22. The molecule has 1 aromatic heterocycles. The molecule has 0 spiro atoms. The van der Waals surface area contributed by atoms with E-state index in [1.807, 2.05) is 0 Å². The number of benzene rings is 2. The van der Waals surface area contributed by atoms with E-state index in [4.69, 9.17) is 4.52 Å². The Hall–Kier alpha value is -2.91. The average Bonchev–Trinajstić information content (AvgIpc) is 3.20. The molecule has 1 fully saturated rings. The minimum absolute atomic E-state index is 0.298. The molecule has 2 heterocycles. The fourth-order valence-electron chi connectivity index (χ4n) is 2.66. The number of hydrogen-bond donors (Lipinski definition) is 2. The van der Waals surface area contributed by atoms with Crippen molar-refractivity contribution < 1.29 is 17.7 Å². The van der Waals surface area contributed by atoms with E-state index in [2.05, 4.69) is 15.2 Å². The second kappa shape index (κ2) is 5.87. The molecule has 128 valence electrons. The molecule has 1 saturated heterocycles. The van der Waals surface area contributed by atoms with Gasteiger partial charge in [-0.2, -0.15) is 13.1 Å². The van der Waals surface area contributed by atoms with Gasteiger partial charge in [0.25, 0.3) is 5.91 Å². The first-order valence-corrected chi connectivity index (χ1v) is 9.00. The van der Waals surface area contributed by atoms with Crippen LogP contribution in [0.4, 0.5) is 11.4 Å². The van der Waals surface area contributed by atoms with Gasteiger partial charge in [0.2, 0.25) is 0 Å². The molecule has 1 aliphatic heterocycles. The largest absolute Gasteiger partial charge is 0.356 e. The maximum atomic E-state index is 12.3. The summed E-state index contributed by atoms with van der Waals surface area (Å²) in [4.78, 5) is 12.3. The number of nitrogens with zero attached hydrogens (tertiary/aromatic N) is 2. The maximum absolute atomic E-state index is 12.3. The lowest BCUT2D eigenvalue weighted by Gasteiger charge is -2.16. The van der Waals surface area contributed by atoms with Crippen LogP contribution in [0.2, 0.25) is 0 Å². The van der Waals surface area contributed by atoms with Gasteiger partial charge in [0, 0.05) is 35.8 Å². The molecular weight excluding hydrogens is 344 g/mol. The Bertz CT molecular complexity index is 1040. The molecule has 9 heteroatoms. The maximum Gasteiger partial charge on any atom is 0.301 e. The van der Waals surface area contributed by atoms with E-state index in [-0.39, 0.29) is 5.91 Å². The molecule has 2 N–H and O–H groups in total. The summed E-state index contributed by atoms with van der Waals surface area (Å²) >= 11 is 0. The third-order valence-electron chi connectivity index (χ3n) is 3.92. The van der Waals surface area contributed by atoms with Crippen LogP contribution in [0.25, 0.3) is 11.0 Å². The lowest BCUT2D eigenvalue weighted by molar-refractivity contribution is 0.102. The number of carbonyl (C=O) groups is 1. The third-order valence-corrected chi connectivity index (χ3v) is 5.46. The number of hydrogen-bond acceptors (Lipinski definition) is 5. The predicted molar refractivity (Wildman–Crippen MR) is 92.7 cm³/mol. The predicted octanol–water partition coefficient (Wildman–Crippen LogP) is 1.73. The van der Waals surface area contributed by atoms with Crippen molar-refractivity contribution in [3.8, 4) is 0 Å². The zero-order valence-corrected chi connectivity index (χ0v) is 13.8. The highest BCUT2D eigenvalue weighted by atomic mass is 32.2. The van der Waals surface area contributed by atoms with Crippen LogP contribution in [-0.4, -0.2) is 32.6 Å². The van der Waals surface area contributed by atoms with Gasteiger partial charge in [-0.25, -0.2) is 0 Å². The number of amides is 1. The third kappa shape index (κ3) is 2.94. The molecule has 0 saturated carbocycles. The lowest BCUT2D eigenvalue weighted by atomic mass is 10.2. The molecule has 4 rings (SSSR count). The topological polar surface area (TPSA) is 105 Å². The molecule has 1 amide bonds. The van der Waals surface area contributed by atoms with E-state index in [0.717, 1.165) is 5.39 Å². The monoisotopic (exact) mass is 358 g/mol. The number of fused-ring (bicyclic) bond motifs is 1. The van der Waals surface area contributed by atoms with Crippen molar-refractivity contribution in [3.05, 3.63) is 54.2 Å². The lowest BCUT2D eigenvalue weighted by Crippen LogP contribution is -2.29. The van der Waals surface area contributed by atoms with Crippen LogP contribution in [-0.2, 0) is 10.2 Å². The Morgan fingerprint density at radius 3 is 2.72 bits per heavy atom. The molecule has 8 nitrogen and oxygen atoms in total. The van der Waals surface area contributed by atoms with Gasteiger partial charge in [-0.3, -0.25) is 9.10 Å². The zero-order valence-electron chi connectivity index (χ0n) is 13.0. The van der Waals surface area contributed by atoms with Gasteiger partial charge in [0.15, 0.2) is 5.58 Å². The van der Waals surface area contributed by atoms with Gasteiger partial charge in [0.1, 0.15) is 0 Å². The van der Waals surface area contributed by atoms with Gasteiger partial charge in [-0.05, 0) is 36.4 Å². The van der Waals surface area contributed by atoms with Gasteiger partial charge in [0.05, 0.1) is 11.9 Å².